The van der Waals surface area contributed by atoms with Gasteiger partial charge in [0.15, 0.2) is 0 Å². The summed E-state index contributed by atoms with van der Waals surface area (Å²) < 4.78 is 21.1. The Hall–Kier alpha value is 0.370. The molecule has 17 heavy (non-hydrogen) atoms. The van der Waals surface area contributed by atoms with Crippen LogP contribution < -0.4 is 16.0 Å². The topological polar surface area (TPSA) is 117 Å². The lowest BCUT2D eigenvalue weighted by Gasteiger charge is -2.19. The van der Waals surface area contributed by atoms with Crippen molar-refractivity contribution in [1.29, 1.82) is 0 Å². The van der Waals surface area contributed by atoms with Gasteiger partial charge in [-0.25, -0.2) is 5.14 Å². The quantitative estimate of drug-likeness (QED) is 0.133. The summed E-state index contributed by atoms with van der Waals surface area (Å²) in [6.45, 7) is 2.04. The van der Waals surface area contributed by atoms with Crippen LogP contribution in [0.15, 0.2) is 15.5 Å². The van der Waals surface area contributed by atoms with Crippen LogP contribution in [0.2, 0.25) is 0 Å². The molecule has 1 unspecified atom stereocenters. The van der Waals surface area contributed by atoms with Crippen molar-refractivity contribution in [1.82, 2.24) is 5.09 Å². The smallest absolute Gasteiger partial charge is 0.121 e. The van der Waals surface area contributed by atoms with E-state index < -0.39 is 11.0 Å². The van der Waals surface area contributed by atoms with Gasteiger partial charge in [0, 0.05) is 23.6 Å². The minimum atomic E-state index is -3.37. The molecule has 10 heteroatoms. The van der Waals surface area contributed by atoms with E-state index in [0.29, 0.717) is 15.2 Å². The fourth-order valence-electron chi connectivity index (χ4n) is 0.843. The molecular weight excluding hydrogens is 299 g/mol. The minimum absolute atomic E-state index is 0.154. The summed E-state index contributed by atoms with van der Waals surface area (Å²) in [5.74, 6) is 1.68. The maximum Gasteiger partial charge on any atom is 0.121 e. The lowest BCUT2D eigenvalue weighted by molar-refractivity contribution is 0.491. The number of hydrogen-bond donors (Lipinski definition) is 6. The Balaban J connectivity index is 3.82. The molecule has 0 rings (SSSR count). The fraction of sp³-hybridized carbons (Fsp3) is 0.571. The Morgan fingerprint density at radius 2 is 2.29 bits per heavy atom. The van der Waals surface area contributed by atoms with Crippen LogP contribution in [0, 0.1) is 0 Å². The van der Waals surface area contributed by atoms with Crippen LogP contribution in [-0.2, 0) is 0 Å². The third-order valence-electron chi connectivity index (χ3n) is 1.45. The Labute approximate surface area is 115 Å². The van der Waals surface area contributed by atoms with E-state index in [-0.39, 0.29) is 5.84 Å². The van der Waals surface area contributed by atoms with Crippen LogP contribution >= 0.6 is 44.1 Å². The number of nitrogens with zero attached hydrogens (tertiary/aromatic N) is 1. The lowest BCUT2D eigenvalue weighted by atomic mass is 10.5. The summed E-state index contributed by atoms with van der Waals surface area (Å²) in [7, 11) is -2.73. The Morgan fingerprint density at radius 3 is 2.76 bits per heavy atom. The number of rotatable bonds is 8. The van der Waals surface area contributed by atoms with E-state index >= 15 is 0 Å². The highest BCUT2D eigenvalue weighted by Gasteiger charge is 2.03. The van der Waals surface area contributed by atoms with Crippen molar-refractivity contribution in [3.05, 3.63) is 11.1 Å². The Bertz CT molecular complexity index is 283. The molecule has 0 aromatic carbocycles. The van der Waals surface area contributed by atoms with Crippen molar-refractivity contribution in [3.63, 3.8) is 0 Å². The maximum absolute atomic E-state index is 8.85. The molecule has 0 bridgehead atoms. The number of amidine groups is 1. The van der Waals surface area contributed by atoms with Crippen LogP contribution in [-0.4, -0.2) is 33.1 Å². The van der Waals surface area contributed by atoms with Gasteiger partial charge in [-0.15, -0.1) is 17.0 Å². The van der Waals surface area contributed by atoms with Gasteiger partial charge in [0.1, 0.15) is 5.84 Å². The van der Waals surface area contributed by atoms with Gasteiger partial charge >= 0.3 is 0 Å². The molecule has 0 aliphatic rings. The largest absolute Gasteiger partial charge is 0.386 e. The highest BCUT2D eigenvalue weighted by atomic mass is 32.3. The summed E-state index contributed by atoms with van der Waals surface area (Å²) >= 11 is 5.74. The molecule has 0 fully saturated rings. The number of nitrogens with one attached hydrogen (secondary N) is 1. The summed E-state index contributed by atoms with van der Waals surface area (Å²) in [4.78, 5) is 0. The zero-order valence-electron chi connectivity index (χ0n) is 9.46. The first-order chi connectivity index (χ1) is 7.89. The normalized spacial score (nSPS) is 15.6. The van der Waals surface area contributed by atoms with Crippen molar-refractivity contribution in [2.24, 2.45) is 15.3 Å². The van der Waals surface area contributed by atoms with Gasteiger partial charge in [0.05, 0.1) is 0 Å². The van der Waals surface area contributed by atoms with Gasteiger partial charge in [-0.05, 0) is 31.8 Å². The van der Waals surface area contributed by atoms with Crippen LogP contribution in [0.25, 0.3) is 0 Å². The molecule has 0 radical (unpaired) electrons. The molecule has 0 spiro atoms. The SMILES string of the molecule is CPN/C(=C\S)CSCC/C(N)=N/S(N)(O)O. The number of nitrogens with two attached hydrogens (primary N) is 2. The summed E-state index contributed by atoms with van der Waals surface area (Å²) in [5.41, 5.74) is 6.53. The molecule has 0 amide bonds. The zero-order chi connectivity index (χ0) is 13.3. The van der Waals surface area contributed by atoms with Crippen LogP contribution in [0.1, 0.15) is 6.42 Å². The van der Waals surface area contributed by atoms with Crippen molar-refractivity contribution in [2.75, 3.05) is 18.2 Å². The molecule has 102 valence electrons. The van der Waals surface area contributed by atoms with E-state index in [4.69, 9.17) is 20.0 Å². The molecule has 0 aliphatic carbocycles. The second-order valence-electron chi connectivity index (χ2n) is 2.98. The number of thiol groups is 1. The second kappa shape index (κ2) is 9.32. The minimum Gasteiger partial charge on any atom is -0.386 e. The first-order valence-electron chi connectivity index (χ1n) is 4.63. The molecule has 0 aromatic heterocycles. The van der Waals surface area contributed by atoms with E-state index in [1.165, 1.54) is 0 Å². The average Bonchev–Trinajstić information content (AvgIpc) is 2.20. The van der Waals surface area contributed by atoms with E-state index in [0.717, 1.165) is 17.2 Å². The van der Waals surface area contributed by atoms with Gasteiger partial charge in [-0.2, -0.15) is 11.8 Å². The molecular formula is C7H19N4O2PS3. The highest BCUT2D eigenvalue weighted by molar-refractivity contribution is 8.21. The monoisotopic (exact) mass is 318 g/mol. The average molecular weight is 318 g/mol. The standard InChI is InChI=1S/C7H19N4O2PS3/c1-14-10-6(4-15)5-16-3-2-7(8)11-17(9,12)13/h4,10,12-15H,2-3,5,9H2,1H3,(H2,8,11)/b6-4-. The number of thioether (sulfide) groups is 1. The predicted octanol–water partition coefficient (Wildman–Crippen LogP) is 1.59. The summed E-state index contributed by atoms with van der Waals surface area (Å²) in [5, 5.41) is 9.87. The molecule has 0 saturated heterocycles. The molecule has 6 nitrogen and oxygen atoms in total. The zero-order valence-corrected chi connectivity index (χ0v) is 13.0. The molecule has 0 heterocycles. The van der Waals surface area contributed by atoms with Gasteiger partial charge in [0.2, 0.25) is 0 Å². The van der Waals surface area contributed by atoms with Crippen molar-refractivity contribution < 1.29 is 9.11 Å². The first-order valence-corrected chi connectivity index (χ1v) is 9.36. The predicted molar refractivity (Wildman–Crippen MR) is 85.0 cm³/mol. The second-order valence-corrected chi connectivity index (χ2v) is 6.39. The third kappa shape index (κ3) is 11.2. The van der Waals surface area contributed by atoms with Gasteiger partial charge < -0.3 is 10.8 Å². The van der Waals surface area contributed by atoms with Crippen molar-refractivity contribution in [2.45, 2.75) is 6.42 Å². The van der Waals surface area contributed by atoms with Gasteiger partial charge in [-0.3, -0.25) is 9.11 Å². The van der Waals surface area contributed by atoms with E-state index in [2.05, 4.69) is 22.1 Å². The lowest BCUT2D eigenvalue weighted by Crippen LogP contribution is -2.17. The maximum atomic E-state index is 8.85. The number of hydrogen-bond acceptors (Lipinski definition) is 7. The molecule has 0 saturated carbocycles. The molecule has 7 N–H and O–H groups in total. The van der Waals surface area contributed by atoms with Crippen LogP contribution in [0.3, 0.4) is 0 Å². The third-order valence-corrected chi connectivity index (χ3v) is 3.85. The summed E-state index contributed by atoms with van der Waals surface area (Å²) in [6.07, 6.45) is 0.464. The van der Waals surface area contributed by atoms with Crippen LogP contribution in [0.5, 0.6) is 0 Å². The highest BCUT2D eigenvalue weighted by Crippen LogP contribution is 2.29. The van der Waals surface area contributed by atoms with E-state index in [1.54, 1.807) is 17.2 Å². The van der Waals surface area contributed by atoms with Crippen molar-refractivity contribution >= 4 is 49.9 Å². The van der Waals surface area contributed by atoms with Crippen molar-refractivity contribution in [3.8, 4) is 0 Å². The Morgan fingerprint density at radius 1 is 1.65 bits per heavy atom. The van der Waals surface area contributed by atoms with Gasteiger partial charge in [0.25, 0.3) is 0 Å². The van der Waals surface area contributed by atoms with E-state index in [1.807, 2.05) is 6.66 Å². The fourth-order valence-corrected chi connectivity index (χ4v) is 3.16. The molecule has 1 atom stereocenters. The first kappa shape index (κ1) is 17.4. The summed E-state index contributed by atoms with van der Waals surface area (Å²) in [6, 6.07) is 0. The van der Waals surface area contributed by atoms with Gasteiger partial charge in [-0.1, -0.05) is 0 Å². The van der Waals surface area contributed by atoms with E-state index in [9.17, 15) is 0 Å². The molecule has 0 aromatic rings. The van der Waals surface area contributed by atoms with Crippen LogP contribution in [0.4, 0.5) is 0 Å². The molecule has 0 aliphatic heterocycles. The Kier molecular flexibility index (Phi) is 9.52.